The number of carbonyl (C=O) groups is 1. The van der Waals surface area contributed by atoms with Crippen LogP contribution in [0.25, 0.3) is 0 Å². The minimum atomic E-state index is 0.552. The predicted molar refractivity (Wildman–Crippen MR) is 173 cm³/mol. The molecular weight excluding hydrogens is 524 g/mol. The Kier molecular flexibility index (Phi) is 14.1. The molecule has 3 rings (SSSR count). The Hall–Kier alpha value is -4.84. The van der Waals surface area contributed by atoms with Crippen molar-refractivity contribution >= 4 is 30.7 Å². The Labute approximate surface area is 250 Å². The maximum atomic E-state index is 10.2. The van der Waals surface area contributed by atoms with Gasteiger partial charge in [0.2, 0.25) is 0 Å². The molecule has 1 heterocycles. The smallest absolute Gasteiger partial charge is 0.150 e. The van der Waals surface area contributed by atoms with E-state index in [-0.39, 0.29) is 0 Å². The fourth-order valence-electron chi connectivity index (χ4n) is 4.00. The molecule has 0 fully saturated rings. The Morgan fingerprint density at radius 2 is 1.83 bits per heavy atom. The van der Waals surface area contributed by atoms with Crippen molar-refractivity contribution in [2.24, 2.45) is 22.0 Å². The highest BCUT2D eigenvalue weighted by Gasteiger charge is 2.15. The van der Waals surface area contributed by atoms with E-state index in [4.69, 9.17) is 4.99 Å². The number of likely N-dealkylation sites (N-methyl/N-ethyl adjacent to an activating group) is 1. The number of aliphatic imine (C=N–C) groups is 3. The van der Waals surface area contributed by atoms with Gasteiger partial charge in [-0.1, -0.05) is 43.3 Å². The normalized spacial score (nSPS) is 11.7. The second kappa shape index (κ2) is 17.8. The van der Waals surface area contributed by atoms with Crippen molar-refractivity contribution in [3.8, 4) is 6.07 Å². The van der Waals surface area contributed by atoms with E-state index in [0.29, 0.717) is 25.2 Å². The van der Waals surface area contributed by atoms with Crippen LogP contribution in [0, 0.1) is 18.3 Å². The summed E-state index contributed by atoms with van der Waals surface area (Å²) in [4.78, 5) is 27.8. The maximum Gasteiger partial charge on any atom is 0.150 e. The van der Waals surface area contributed by atoms with E-state index in [1.807, 2.05) is 101 Å². The molecule has 220 valence electrons. The van der Waals surface area contributed by atoms with Crippen LogP contribution in [-0.2, 0) is 13.6 Å². The molecule has 0 radical (unpaired) electrons. The number of nitrogens with zero attached hydrogens (tertiary/aromatic N) is 8. The van der Waals surface area contributed by atoms with Gasteiger partial charge >= 0.3 is 0 Å². The van der Waals surface area contributed by atoms with E-state index in [0.717, 1.165) is 58.7 Å². The van der Waals surface area contributed by atoms with Gasteiger partial charge in [0, 0.05) is 75.6 Å². The van der Waals surface area contributed by atoms with Gasteiger partial charge in [-0.15, -0.1) is 0 Å². The lowest BCUT2D eigenvalue weighted by atomic mass is 10.1. The molecule has 3 aromatic rings. The highest BCUT2D eigenvalue weighted by Crippen LogP contribution is 2.21. The Morgan fingerprint density at radius 1 is 1.12 bits per heavy atom. The fourth-order valence-corrected chi connectivity index (χ4v) is 4.00. The zero-order chi connectivity index (χ0) is 30.9. The fraction of sp³-hybridized carbons (Fsp3) is 0.333. The van der Waals surface area contributed by atoms with Crippen LogP contribution in [-0.4, -0.2) is 78.4 Å². The number of aromatic nitrogens is 2. The first-order chi connectivity index (χ1) is 20.2. The lowest BCUT2D eigenvalue weighted by Crippen LogP contribution is -2.29. The molecule has 0 N–H and O–H groups in total. The number of para-hydroxylation sites is 1. The summed E-state index contributed by atoms with van der Waals surface area (Å²) in [5, 5.41) is 13.8. The second-order valence-corrected chi connectivity index (χ2v) is 9.80. The molecule has 42 heavy (non-hydrogen) atoms. The Balaban J connectivity index is 0.000000581. The highest BCUT2D eigenvalue weighted by molar-refractivity contribution is 6.03. The molecule has 0 saturated carbocycles. The molecule has 0 amide bonds. The topological polar surface area (TPSA) is 102 Å². The summed E-state index contributed by atoms with van der Waals surface area (Å²) in [6, 6.07) is 17.6. The van der Waals surface area contributed by atoms with Crippen molar-refractivity contribution < 1.29 is 4.79 Å². The SMILES string of the molecule is C=Nc1ccccc1C(=NCCN(C)/C(C)=C(\C#N)C=NCCC)N(C)Cc1cnn(C)c1.Cc1ccccc1C=O. The van der Waals surface area contributed by atoms with Crippen molar-refractivity contribution in [2.45, 2.75) is 33.7 Å². The first-order valence-corrected chi connectivity index (χ1v) is 13.9. The third-order valence-corrected chi connectivity index (χ3v) is 6.52. The molecular formula is C33H42N8O. The van der Waals surface area contributed by atoms with E-state index in [2.05, 4.69) is 39.7 Å². The quantitative estimate of drug-likeness (QED) is 0.122. The van der Waals surface area contributed by atoms with Gasteiger partial charge in [-0.2, -0.15) is 10.4 Å². The molecule has 9 heteroatoms. The molecule has 0 bridgehead atoms. The number of benzene rings is 2. The predicted octanol–water partition coefficient (Wildman–Crippen LogP) is 5.65. The molecule has 0 saturated heterocycles. The lowest BCUT2D eigenvalue weighted by Gasteiger charge is -2.24. The maximum absolute atomic E-state index is 10.2. The van der Waals surface area contributed by atoms with Crippen molar-refractivity contribution in [1.29, 1.82) is 5.26 Å². The summed E-state index contributed by atoms with van der Waals surface area (Å²) in [6.07, 6.45) is 7.34. The number of hydrogen-bond acceptors (Lipinski definition) is 7. The number of nitriles is 1. The highest BCUT2D eigenvalue weighted by atomic mass is 16.1. The average Bonchev–Trinajstić information content (AvgIpc) is 3.41. The average molecular weight is 567 g/mol. The van der Waals surface area contributed by atoms with Crippen molar-refractivity contribution in [3.05, 3.63) is 94.4 Å². The minimum Gasteiger partial charge on any atom is -0.375 e. The van der Waals surface area contributed by atoms with Gasteiger partial charge < -0.3 is 9.80 Å². The zero-order valence-electron chi connectivity index (χ0n) is 25.7. The van der Waals surface area contributed by atoms with Gasteiger partial charge in [-0.25, -0.2) is 0 Å². The largest absolute Gasteiger partial charge is 0.375 e. The first-order valence-electron chi connectivity index (χ1n) is 13.9. The standard InChI is InChI=1S/C25H34N8.C8H8O/c1-7-12-28-17-22(15-26)20(2)31(4)14-13-29-25(23-10-8-9-11-24(23)27-3)32(5)18-21-16-30-33(6)19-21;1-7-4-2-3-5-8(7)6-9/h8-11,16-17,19H,3,7,12-14,18H2,1-2,4-6H3;2-6H,1H3/b22-20+,28-17?,29-25?;. The zero-order valence-corrected chi connectivity index (χ0v) is 25.7. The van der Waals surface area contributed by atoms with E-state index in [1.165, 1.54) is 0 Å². The number of amidine groups is 1. The van der Waals surface area contributed by atoms with Crippen LogP contribution in [0.5, 0.6) is 0 Å². The van der Waals surface area contributed by atoms with Crippen LogP contribution < -0.4 is 0 Å². The van der Waals surface area contributed by atoms with Gasteiger partial charge in [0.1, 0.15) is 18.2 Å². The van der Waals surface area contributed by atoms with Crippen LogP contribution >= 0.6 is 0 Å². The monoisotopic (exact) mass is 566 g/mol. The minimum absolute atomic E-state index is 0.552. The molecule has 2 aromatic carbocycles. The van der Waals surface area contributed by atoms with Gasteiger partial charge in [0.05, 0.1) is 24.0 Å². The Morgan fingerprint density at radius 3 is 2.43 bits per heavy atom. The summed E-state index contributed by atoms with van der Waals surface area (Å²) in [7, 11) is 5.89. The van der Waals surface area contributed by atoms with E-state index < -0.39 is 0 Å². The van der Waals surface area contributed by atoms with Gasteiger partial charge in [-0.05, 0) is 44.7 Å². The molecule has 0 unspecified atom stereocenters. The number of carbonyl (C=O) groups excluding carboxylic acids is 1. The molecule has 9 nitrogen and oxygen atoms in total. The van der Waals surface area contributed by atoms with Crippen molar-refractivity contribution in [2.75, 3.05) is 33.7 Å². The lowest BCUT2D eigenvalue weighted by molar-refractivity contribution is 0.112. The Bertz CT molecular complexity index is 1440. The number of aryl methyl sites for hydroxylation is 2. The summed E-state index contributed by atoms with van der Waals surface area (Å²) >= 11 is 0. The number of hydrogen-bond donors (Lipinski definition) is 0. The molecule has 1 aromatic heterocycles. The third kappa shape index (κ3) is 10.3. The van der Waals surface area contributed by atoms with Crippen molar-refractivity contribution in [3.63, 3.8) is 0 Å². The van der Waals surface area contributed by atoms with Crippen LogP contribution in [0.3, 0.4) is 0 Å². The van der Waals surface area contributed by atoms with E-state index in [9.17, 15) is 10.1 Å². The molecule has 0 aliphatic carbocycles. The third-order valence-electron chi connectivity index (χ3n) is 6.52. The van der Waals surface area contributed by atoms with E-state index in [1.54, 1.807) is 10.9 Å². The van der Waals surface area contributed by atoms with Gasteiger partial charge in [0.15, 0.2) is 0 Å². The molecule has 0 spiro atoms. The van der Waals surface area contributed by atoms with Crippen LogP contribution in [0.2, 0.25) is 0 Å². The number of allylic oxidation sites excluding steroid dienone is 2. The molecule has 0 aliphatic heterocycles. The number of aldehydes is 1. The molecule has 0 aliphatic rings. The van der Waals surface area contributed by atoms with Gasteiger partial charge in [-0.3, -0.25) is 24.5 Å². The molecule has 0 atom stereocenters. The second-order valence-electron chi connectivity index (χ2n) is 9.80. The van der Waals surface area contributed by atoms with Gasteiger partial charge in [0.25, 0.3) is 0 Å². The first kappa shape index (κ1) is 33.4. The summed E-state index contributed by atoms with van der Waals surface area (Å²) < 4.78 is 1.79. The van der Waals surface area contributed by atoms with Crippen LogP contribution in [0.1, 0.15) is 47.3 Å². The van der Waals surface area contributed by atoms with E-state index >= 15 is 0 Å². The summed E-state index contributed by atoms with van der Waals surface area (Å²) in [5.74, 6) is 0.835. The van der Waals surface area contributed by atoms with Crippen molar-refractivity contribution in [1.82, 2.24) is 19.6 Å². The summed E-state index contributed by atoms with van der Waals surface area (Å²) in [5.41, 5.74) is 6.08. The van der Waals surface area contributed by atoms with Crippen LogP contribution in [0.15, 0.2) is 87.2 Å². The van der Waals surface area contributed by atoms with Crippen LogP contribution in [0.4, 0.5) is 5.69 Å². The summed E-state index contributed by atoms with van der Waals surface area (Å²) in [6.45, 7) is 12.2. The number of rotatable bonds is 12.